The van der Waals surface area contributed by atoms with Crippen LogP contribution in [0.25, 0.3) is 0 Å². The third-order valence-corrected chi connectivity index (χ3v) is 5.31. The molecular weight excluding hydrogens is 358 g/mol. The van der Waals surface area contributed by atoms with Gasteiger partial charge < -0.3 is 9.47 Å². The second-order valence-electron chi connectivity index (χ2n) is 7.25. The van der Waals surface area contributed by atoms with Gasteiger partial charge in [-0.3, -0.25) is 14.5 Å². The highest BCUT2D eigenvalue weighted by atomic mass is 16.5. The molecule has 0 aliphatic carbocycles. The lowest BCUT2D eigenvalue weighted by molar-refractivity contribution is 0.0475. The molecule has 2 amide bonds. The Balaban J connectivity index is 1.53. The smallest absolute Gasteiger partial charge is 0.343 e. The number of fused-ring (bicyclic) bond motifs is 1. The van der Waals surface area contributed by atoms with Crippen LogP contribution in [0.2, 0.25) is 0 Å². The zero-order valence-electron chi connectivity index (χ0n) is 15.9. The summed E-state index contributed by atoms with van der Waals surface area (Å²) in [6.45, 7) is 4.82. The van der Waals surface area contributed by atoms with Gasteiger partial charge in [-0.05, 0) is 68.1 Å². The first-order chi connectivity index (χ1) is 13.4. The van der Waals surface area contributed by atoms with Gasteiger partial charge in [0.05, 0.1) is 29.3 Å². The Kier molecular flexibility index (Phi) is 4.73. The number of hydrogen-bond donors (Lipinski definition) is 0. The number of aryl methyl sites for hydroxylation is 2. The first-order valence-electron chi connectivity index (χ1n) is 9.35. The largest absolute Gasteiger partial charge is 0.423 e. The van der Waals surface area contributed by atoms with Crippen LogP contribution in [0, 0.1) is 13.8 Å². The van der Waals surface area contributed by atoms with Gasteiger partial charge in [0, 0.05) is 6.61 Å². The van der Waals surface area contributed by atoms with Gasteiger partial charge in [-0.2, -0.15) is 0 Å². The number of imide groups is 1. The Morgan fingerprint density at radius 3 is 2.57 bits per heavy atom. The summed E-state index contributed by atoms with van der Waals surface area (Å²) in [5.41, 5.74) is 2.90. The van der Waals surface area contributed by atoms with E-state index in [1.54, 1.807) is 12.1 Å². The van der Waals surface area contributed by atoms with E-state index in [0.29, 0.717) is 17.9 Å². The van der Waals surface area contributed by atoms with E-state index >= 15 is 0 Å². The van der Waals surface area contributed by atoms with Crippen LogP contribution in [-0.4, -0.2) is 41.9 Å². The fourth-order valence-corrected chi connectivity index (χ4v) is 3.52. The summed E-state index contributed by atoms with van der Waals surface area (Å²) < 4.78 is 11.0. The topological polar surface area (TPSA) is 72.9 Å². The van der Waals surface area contributed by atoms with Crippen molar-refractivity contribution in [2.24, 2.45) is 0 Å². The minimum Gasteiger partial charge on any atom is -0.423 e. The van der Waals surface area contributed by atoms with Crippen LogP contribution < -0.4 is 4.74 Å². The van der Waals surface area contributed by atoms with Crippen molar-refractivity contribution in [1.29, 1.82) is 0 Å². The first-order valence-corrected chi connectivity index (χ1v) is 9.35. The molecule has 2 aromatic carbocycles. The molecule has 0 N–H and O–H groups in total. The standard InChI is InChI=1S/C22H21NO5/c1-13-5-7-16(10-14(13)2)28-22(26)15-6-8-18-19(11-15)21(25)23(20(18)24)12-17-4-3-9-27-17/h5-8,10-11,17H,3-4,9,12H2,1-2H3/t17-/m1/s1. The average Bonchev–Trinajstić information content (AvgIpc) is 3.28. The molecule has 6 nitrogen and oxygen atoms in total. The number of amides is 2. The van der Waals surface area contributed by atoms with Crippen LogP contribution in [0.3, 0.4) is 0 Å². The molecule has 4 rings (SSSR count). The maximum atomic E-state index is 12.7. The first kappa shape index (κ1) is 18.4. The van der Waals surface area contributed by atoms with E-state index in [2.05, 4.69) is 0 Å². The van der Waals surface area contributed by atoms with Crippen LogP contribution in [0.4, 0.5) is 0 Å². The van der Waals surface area contributed by atoms with Crippen LogP contribution in [0.15, 0.2) is 36.4 Å². The molecular formula is C22H21NO5. The molecule has 0 saturated carbocycles. The third kappa shape index (κ3) is 3.31. The highest BCUT2D eigenvalue weighted by Gasteiger charge is 2.38. The molecule has 0 unspecified atom stereocenters. The summed E-state index contributed by atoms with van der Waals surface area (Å²) in [4.78, 5) is 39.0. The normalized spacial score (nSPS) is 18.5. The lowest BCUT2D eigenvalue weighted by atomic mass is 10.1. The molecule has 2 aliphatic rings. The van der Waals surface area contributed by atoms with Crippen molar-refractivity contribution in [2.45, 2.75) is 32.8 Å². The fourth-order valence-electron chi connectivity index (χ4n) is 3.52. The van der Waals surface area contributed by atoms with Crippen molar-refractivity contribution < 1.29 is 23.9 Å². The van der Waals surface area contributed by atoms with Crippen molar-refractivity contribution in [3.63, 3.8) is 0 Å². The molecule has 2 aliphatic heterocycles. The Morgan fingerprint density at radius 2 is 1.86 bits per heavy atom. The minimum atomic E-state index is -0.566. The lowest BCUT2D eigenvalue weighted by Gasteiger charge is -2.17. The maximum Gasteiger partial charge on any atom is 0.343 e. The predicted molar refractivity (Wildman–Crippen MR) is 102 cm³/mol. The Labute approximate surface area is 163 Å². The maximum absolute atomic E-state index is 12.7. The molecule has 2 heterocycles. The number of carbonyl (C=O) groups is 3. The second kappa shape index (κ2) is 7.20. The van der Waals surface area contributed by atoms with Crippen LogP contribution >= 0.6 is 0 Å². The van der Waals surface area contributed by atoms with E-state index in [9.17, 15) is 14.4 Å². The monoisotopic (exact) mass is 379 g/mol. The Bertz CT molecular complexity index is 975. The summed E-state index contributed by atoms with van der Waals surface area (Å²) in [6.07, 6.45) is 1.65. The summed E-state index contributed by atoms with van der Waals surface area (Å²) in [5.74, 6) is -0.860. The molecule has 1 saturated heterocycles. The van der Waals surface area contributed by atoms with Gasteiger partial charge in [0.15, 0.2) is 0 Å². The molecule has 1 atom stereocenters. The van der Waals surface area contributed by atoms with Crippen molar-refractivity contribution in [3.05, 3.63) is 64.2 Å². The summed E-state index contributed by atoms with van der Waals surface area (Å²) in [7, 11) is 0. The van der Waals surface area contributed by atoms with E-state index in [-0.39, 0.29) is 29.7 Å². The fraction of sp³-hybridized carbons (Fsp3) is 0.318. The third-order valence-electron chi connectivity index (χ3n) is 5.31. The van der Waals surface area contributed by atoms with E-state index in [1.807, 2.05) is 19.9 Å². The summed E-state index contributed by atoms with van der Waals surface area (Å²) in [6, 6.07) is 9.87. The van der Waals surface area contributed by atoms with Gasteiger partial charge in [-0.1, -0.05) is 6.07 Å². The van der Waals surface area contributed by atoms with E-state index in [0.717, 1.165) is 24.0 Å². The lowest BCUT2D eigenvalue weighted by Crippen LogP contribution is -2.36. The second-order valence-corrected chi connectivity index (χ2v) is 7.25. The SMILES string of the molecule is Cc1ccc(OC(=O)c2ccc3c(c2)C(=O)N(C[C@H]2CCCO2)C3=O)cc1C. The highest BCUT2D eigenvalue weighted by molar-refractivity contribution is 6.22. The van der Waals surface area contributed by atoms with Gasteiger partial charge in [-0.15, -0.1) is 0 Å². The molecule has 144 valence electrons. The quantitative estimate of drug-likeness (QED) is 0.463. The number of rotatable bonds is 4. The molecule has 28 heavy (non-hydrogen) atoms. The van der Waals surface area contributed by atoms with E-state index in [4.69, 9.17) is 9.47 Å². The zero-order valence-corrected chi connectivity index (χ0v) is 15.9. The van der Waals surface area contributed by atoms with Crippen molar-refractivity contribution in [3.8, 4) is 5.75 Å². The van der Waals surface area contributed by atoms with Gasteiger partial charge in [0.25, 0.3) is 11.8 Å². The molecule has 1 fully saturated rings. The molecule has 0 radical (unpaired) electrons. The number of esters is 1. The van der Waals surface area contributed by atoms with Crippen molar-refractivity contribution >= 4 is 17.8 Å². The van der Waals surface area contributed by atoms with Crippen molar-refractivity contribution in [2.75, 3.05) is 13.2 Å². The number of nitrogens with zero attached hydrogens (tertiary/aromatic N) is 1. The Morgan fingerprint density at radius 1 is 1.07 bits per heavy atom. The van der Waals surface area contributed by atoms with Crippen LogP contribution in [0.1, 0.15) is 55.0 Å². The molecule has 0 aromatic heterocycles. The van der Waals surface area contributed by atoms with Crippen LogP contribution in [0.5, 0.6) is 5.75 Å². The number of ether oxygens (including phenoxy) is 2. The number of carbonyl (C=O) groups excluding carboxylic acids is 3. The Hall–Kier alpha value is -2.99. The van der Waals surface area contributed by atoms with Gasteiger partial charge in [0.1, 0.15) is 5.75 Å². The highest BCUT2D eigenvalue weighted by Crippen LogP contribution is 2.27. The molecule has 0 bridgehead atoms. The minimum absolute atomic E-state index is 0.114. The summed E-state index contributed by atoms with van der Waals surface area (Å²) >= 11 is 0. The van der Waals surface area contributed by atoms with Crippen LogP contribution in [-0.2, 0) is 4.74 Å². The van der Waals surface area contributed by atoms with Gasteiger partial charge in [-0.25, -0.2) is 4.79 Å². The average molecular weight is 379 g/mol. The zero-order chi connectivity index (χ0) is 19.8. The van der Waals surface area contributed by atoms with E-state index in [1.165, 1.54) is 23.1 Å². The van der Waals surface area contributed by atoms with Gasteiger partial charge in [0.2, 0.25) is 0 Å². The number of hydrogen-bond acceptors (Lipinski definition) is 5. The molecule has 0 spiro atoms. The predicted octanol–water partition coefficient (Wildman–Crippen LogP) is 3.30. The molecule has 2 aromatic rings. The number of benzene rings is 2. The molecule has 6 heteroatoms. The van der Waals surface area contributed by atoms with Crippen molar-refractivity contribution in [1.82, 2.24) is 4.90 Å². The summed E-state index contributed by atoms with van der Waals surface area (Å²) in [5, 5.41) is 0. The van der Waals surface area contributed by atoms with Gasteiger partial charge >= 0.3 is 5.97 Å². The van der Waals surface area contributed by atoms with E-state index < -0.39 is 11.9 Å².